The summed E-state index contributed by atoms with van der Waals surface area (Å²) in [5.41, 5.74) is 6.10. The Hall–Kier alpha value is -1.43. The topological polar surface area (TPSA) is 83.8 Å². The van der Waals surface area contributed by atoms with Gasteiger partial charge in [-0.05, 0) is 12.8 Å². The molecule has 0 spiro atoms. The minimum absolute atomic E-state index is 0.0455. The number of nitrogens with zero attached hydrogens (tertiary/aromatic N) is 1. The quantitative estimate of drug-likeness (QED) is 0.716. The minimum Gasteiger partial charge on any atom is -0.392 e. The summed E-state index contributed by atoms with van der Waals surface area (Å²) in [4.78, 5) is 12.7. The summed E-state index contributed by atoms with van der Waals surface area (Å²) in [7, 11) is 0. The maximum Gasteiger partial charge on any atom is 0.233 e. The molecule has 2 rings (SSSR count). The van der Waals surface area contributed by atoms with Gasteiger partial charge in [0.1, 0.15) is 0 Å². The van der Waals surface area contributed by atoms with Gasteiger partial charge in [-0.2, -0.15) is 5.10 Å². The average Bonchev–Trinajstić information content (AvgIpc) is 2.89. The van der Waals surface area contributed by atoms with Crippen LogP contribution in [0.15, 0.2) is 12.4 Å². The largest absolute Gasteiger partial charge is 0.392 e. The molecule has 1 amide bonds. The molecule has 1 aliphatic carbocycles. The molecule has 1 aromatic rings. The predicted octanol–water partition coefficient (Wildman–Crippen LogP) is 1.26. The van der Waals surface area contributed by atoms with E-state index in [0.29, 0.717) is 11.5 Å². The number of nitrogens with one attached hydrogen (secondary N) is 2. The molecule has 1 aromatic heterocycles. The highest BCUT2D eigenvalue weighted by atomic mass is 32.1. The van der Waals surface area contributed by atoms with Crippen molar-refractivity contribution in [2.24, 2.45) is 11.1 Å². The van der Waals surface area contributed by atoms with Gasteiger partial charge in [-0.15, -0.1) is 0 Å². The molecule has 18 heavy (non-hydrogen) atoms. The van der Waals surface area contributed by atoms with Crippen LogP contribution in [0.25, 0.3) is 0 Å². The maximum atomic E-state index is 12.3. The van der Waals surface area contributed by atoms with E-state index in [1.165, 1.54) is 0 Å². The average molecular weight is 266 g/mol. The summed E-state index contributed by atoms with van der Waals surface area (Å²) in [6.45, 7) is 0.458. The van der Waals surface area contributed by atoms with Crippen LogP contribution in [0.5, 0.6) is 0 Å². The van der Waals surface area contributed by atoms with Crippen molar-refractivity contribution in [3.8, 4) is 0 Å². The number of amides is 1. The Morgan fingerprint density at radius 2 is 2.22 bits per heavy atom. The summed E-state index contributed by atoms with van der Waals surface area (Å²) >= 11 is 5.12. The first-order valence-electron chi connectivity index (χ1n) is 6.21. The minimum atomic E-state index is -0.642. The Kier molecular flexibility index (Phi) is 3.96. The predicted molar refractivity (Wildman–Crippen MR) is 72.7 cm³/mol. The molecule has 1 fully saturated rings. The van der Waals surface area contributed by atoms with Crippen molar-refractivity contribution in [2.75, 3.05) is 0 Å². The zero-order valence-electron chi connectivity index (χ0n) is 10.2. The SMILES string of the molecule is NC(=S)C1(C(=O)NCc2cn[nH]c2)CCCCC1. The van der Waals surface area contributed by atoms with Crippen molar-refractivity contribution < 1.29 is 4.79 Å². The number of nitrogens with two attached hydrogens (primary N) is 1. The van der Waals surface area contributed by atoms with Crippen LogP contribution in [0, 0.1) is 5.41 Å². The van der Waals surface area contributed by atoms with Crippen LogP contribution in [-0.2, 0) is 11.3 Å². The van der Waals surface area contributed by atoms with Crippen LogP contribution in [0.2, 0.25) is 0 Å². The molecule has 0 radical (unpaired) electrons. The van der Waals surface area contributed by atoms with Crippen LogP contribution in [0.1, 0.15) is 37.7 Å². The van der Waals surface area contributed by atoms with Crippen LogP contribution >= 0.6 is 12.2 Å². The monoisotopic (exact) mass is 266 g/mol. The van der Waals surface area contributed by atoms with Crippen molar-refractivity contribution >= 4 is 23.1 Å². The van der Waals surface area contributed by atoms with Gasteiger partial charge in [0.15, 0.2) is 0 Å². The number of aromatic amines is 1. The lowest BCUT2D eigenvalue weighted by Gasteiger charge is -2.34. The molecule has 4 N–H and O–H groups in total. The standard InChI is InChI=1S/C12H18N4OS/c13-10(18)12(4-2-1-3-5-12)11(17)14-6-9-7-15-16-8-9/h7-8H,1-6H2,(H2,13,18)(H,14,17)(H,15,16). The van der Waals surface area contributed by atoms with Gasteiger partial charge in [-0.25, -0.2) is 0 Å². The Labute approximate surface area is 112 Å². The fourth-order valence-corrected chi connectivity index (χ4v) is 2.76. The third-order valence-corrected chi connectivity index (χ3v) is 4.01. The Balaban J connectivity index is 2.02. The van der Waals surface area contributed by atoms with Crippen LogP contribution in [-0.4, -0.2) is 21.1 Å². The van der Waals surface area contributed by atoms with E-state index in [4.69, 9.17) is 18.0 Å². The second-order valence-electron chi connectivity index (χ2n) is 4.80. The zero-order valence-corrected chi connectivity index (χ0v) is 11.1. The molecule has 98 valence electrons. The van der Waals surface area contributed by atoms with Gasteiger partial charge < -0.3 is 11.1 Å². The number of carbonyl (C=O) groups is 1. The molecule has 0 saturated heterocycles. The normalized spacial score (nSPS) is 18.2. The fraction of sp³-hybridized carbons (Fsp3) is 0.583. The first-order chi connectivity index (χ1) is 8.65. The molecular weight excluding hydrogens is 248 g/mol. The van der Waals surface area contributed by atoms with Crippen molar-refractivity contribution in [2.45, 2.75) is 38.6 Å². The van der Waals surface area contributed by atoms with Crippen molar-refractivity contribution in [1.82, 2.24) is 15.5 Å². The molecule has 0 bridgehead atoms. The molecule has 0 aliphatic heterocycles. The van der Waals surface area contributed by atoms with Gasteiger partial charge in [0, 0.05) is 18.3 Å². The summed E-state index contributed by atoms with van der Waals surface area (Å²) in [5, 5.41) is 9.46. The van der Waals surface area contributed by atoms with E-state index in [1.54, 1.807) is 12.4 Å². The third-order valence-electron chi connectivity index (χ3n) is 3.62. The number of H-pyrrole nitrogens is 1. The summed E-state index contributed by atoms with van der Waals surface area (Å²) in [6, 6.07) is 0. The fourth-order valence-electron chi connectivity index (χ4n) is 2.47. The zero-order chi connectivity index (χ0) is 13.0. The first kappa shape index (κ1) is 13.0. The first-order valence-corrected chi connectivity index (χ1v) is 6.62. The Bertz CT molecular complexity index is 423. The summed E-state index contributed by atoms with van der Waals surface area (Å²) < 4.78 is 0. The summed E-state index contributed by atoms with van der Waals surface area (Å²) in [6.07, 6.45) is 8.15. The highest BCUT2D eigenvalue weighted by Gasteiger charge is 2.42. The number of hydrogen-bond donors (Lipinski definition) is 3. The molecule has 0 unspecified atom stereocenters. The molecule has 6 heteroatoms. The molecule has 0 aromatic carbocycles. The van der Waals surface area contributed by atoms with Gasteiger partial charge in [-0.3, -0.25) is 9.89 Å². The molecule has 5 nitrogen and oxygen atoms in total. The van der Waals surface area contributed by atoms with E-state index in [0.717, 1.165) is 37.7 Å². The lowest BCUT2D eigenvalue weighted by atomic mass is 9.73. The van der Waals surface area contributed by atoms with Crippen LogP contribution in [0.3, 0.4) is 0 Å². The van der Waals surface area contributed by atoms with Crippen molar-refractivity contribution in [3.05, 3.63) is 18.0 Å². The molecule has 0 atom stereocenters. The smallest absolute Gasteiger partial charge is 0.233 e. The molecule has 1 aliphatic rings. The van der Waals surface area contributed by atoms with E-state index in [-0.39, 0.29) is 5.91 Å². The number of hydrogen-bond acceptors (Lipinski definition) is 3. The Morgan fingerprint density at radius 3 is 2.78 bits per heavy atom. The number of rotatable bonds is 4. The number of thiocarbonyl (C=S) groups is 1. The Morgan fingerprint density at radius 1 is 1.50 bits per heavy atom. The van der Waals surface area contributed by atoms with E-state index in [2.05, 4.69) is 15.5 Å². The van der Waals surface area contributed by atoms with Gasteiger partial charge in [0.05, 0.1) is 16.6 Å². The number of aromatic nitrogens is 2. The van der Waals surface area contributed by atoms with Crippen LogP contribution < -0.4 is 11.1 Å². The van der Waals surface area contributed by atoms with Crippen molar-refractivity contribution in [1.29, 1.82) is 0 Å². The maximum absolute atomic E-state index is 12.3. The molecule has 1 saturated carbocycles. The van der Waals surface area contributed by atoms with Gasteiger partial charge in [0.2, 0.25) is 5.91 Å². The van der Waals surface area contributed by atoms with Gasteiger partial charge in [-0.1, -0.05) is 31.5 Å². The second-order valence-corrected chi connectivity index (χ2v) is 5.24. The van der Waals surface area contributed by atoms with Gasteiger partial charge >= 0.3 is 0 Å². The summed E-state index contributed by atoms with van der Waals surface area (Å²) in [5.74, 6) is -0.0455. The van der Waals surface area contributed by atoms with Crippen molar-refractivity contribution in [3.63, 3.8) is 0 Å². The molecular formula is C12H18N4OS. The number of carbonyl (C=O) groups excluding carboxylic acids is 1. The second kappa shape index (κ2) is 5.48. The van der Waals surface area contributed by atoms with Crippen LogP contribution in [0.4, 0.5) is 0 Å². The van der Waals surface area contributed by atoms with E-state index >= 15 is 0 Å². The van der Waals surface area contributed by atoms with Gasteiger partial charge in [0.25, 0.3) is 0 Å². The lowest BCUT2D eigenvalue weighted by Crippen LogP contribution is -2.49. The highest BCUT2D eigenvalue weighted by molar-refractivity contribution is 7.80. The lowest BCUT2D eigenvalue weighted by molar-refractivity contribution is -0.129. The van der Waals surface area contributed by atoms with E-state index < -0.39 is 5.41 Å². The highest BCUT2D eigenvalue weighted by Crippen LogP contribution is 2.36. The van der Waals surface area contributed by atoms with E-state index in [1.807, 2.05) is 0 Å². The molecule has 1 heterocycles. The van der Waals surface area contributed by atoms with E-state index in [9.17, 15) is 4.79 Å². The third kappa shape index (κ3) is 2.53.